The van der Waals surface area contributed by atoms with E-state index >= 15 is 0 Å². The zero-order valence-corrected chi connectivity index (χ0v) is 9.45. The first-order chi connectivity index (χ1) is 7.13. The normalized spacial score (nSPS) is 28.4. The molecule has 1 rings (SSSR count). The van der Waals surface area contributed by atoms with Gasteiger partial charge in [0.15, 0.2) is 0 Å². The lowest BCUT2D eigenvalue weighted by molar-refractivity contribution is 0.0546. The van der Waals surface area contributed by atoms with Crippen molar-refractivity contribution in [1.29, 1.82) is 0 Å². The lowest BCUT2D eigenvalue weighted by atomic mass is 9.78. The standard InChI is InChI=1S/C11H22N2O2/c1-8(15-11(13)14)10-4-2-3-9(7-10)5-6-12/h8-10H,2-7,12H2,1H3,(H2,13,14)/t8-,9?,10?/m0/s1. The third-order valence-electron chi connectivity index (χ3n) is 3.36. The molecule has 1 amide bonds. The second kappa shape index (κ2) is 5.95. The predicted molar refractivity (Wildman–Crippen MR) is 59.2 cm³/mol. The van der Waals surface area contributed by atoms with Crippen molar-refractivity contribution in [2.45, 2.75) is 45.1 Å². The third kappa shape index (κ3) is 4.08. The fourth-order valence-electron chi connectivity index (χ4n) is 2.54. The van der Waals surface area contributed by atoms with E-state index in [1.165, 1.54) is 12.8 Å². The van der Waals surface area contributed by atoms with Crippen LogP contribution in [0.25, 0.3) is 0 Å². The molecular formula is C11H22N2O2. The van der Waals surface area contributed by atoms with Crippen LogP contribution in [0, 0.1) is 11.8 Å². The fraction of sp³-hybridized carbons (Fsp3) is 0.909. The van der Waals surface area contributed by atoms with Crippen molar-refractivity contribution in [3.8, 4) is 0 Å². The largest absolute Gasteiger partial charge is 0.446 e. The molecule has 0 heterocycles. The van der Waals surface area contributed by atoms with Gasteiger partial charge in [0.1, 0.15) is 6.10 Å². The highest BCUT2D eigenvalue weighted by atomic mass is 16.6. The van der Waals surface area contributed by atoms with Crippen molar-refractivity contribution < 1.29 is 9.53 Å². The molecule has 4 N–H and O–H groups in total. The molecule has 0 aromatic rings. The molecule has 88 valence electrons. The Kier molecular flexibility index (Phi) is 4.88. The highest BCUT2D eigenvalue weighted by Crippen LogP contribution is 2.33. The molecule has 2 unspecified atom stereocenters. The van der Waals surface area contributed by atoms with E-state index in [2.05, 4.69) is 0 Å². The number of carbonyl (C=O) groups is 1. The van der Waals surface area contributed by atoms with Crippen LogP contribution in [0.2, 0.25) is 0 Å². The third-order valence-corrected chi connectivity index (χ3v) is 3.36. The van der Waals surface area contributed by atoms with E-state index < -0.39 is 6.09 Å². The zero-order valence-electron chi connectivity index (χ0n) is 9.45. The molecule has 0 aromatic heterocycles. The molecule has 0 bridgehead atoms. The van der Waals surface area contributed by atoms with Crippen LogP contribution in [0.5, 0.6) is 0 Å². The molecule has 1 aliphatic carbocycles. The van der Waals surface area contributed by atoms with Gasteiger partial charge in [-0.2, -0.15) is 0 Å². The van der Waals surface area contributed by atoms with Gasteiger partial charge >= 0.3 is 6.09 Å². The van der Waals surface area contributed by atoms with Crippen molar-refractivity contribution in [1.82, 2.24) is 0 Å². The monoisotopic (exact) mass is 214 g/mol. The van der Waals surface area contributed by atoms with Crippen molar-refractivity contribution in [3.05, 3.63) is 0 Å². The van der Waals surface area contributed by atoms with E-state index in [0.29, 0.717) is 11.8 Å². The van der Waals surface area contributed by atoms with Crippen molar-refractivity contribution in [2.75, 3.05) is 6.54 Å². The molecule has 1 fully saturated rings. The zero-order chi connectivity index (χ0) is 11.3. The van der Waals surface area contributed by atoms with Crippen molar-refractivity contribution in [3.63, 3.8) is 0 Å². The number of amides is 1. The average Bonchev–Trinajstić information content (AvgIpc) is 2.17. The maximum atomic E-state index is 10.6. The van der Waals surface area contributed by atoms with Gasteiger partial charge in [-0.3, -0.25) is 0 Å². The maximum absolute atomic E-state index is 10.6. The lowest BCUT2D eigenvalue weighted by Crippen LogP contribution is -2.31. The molecule has 0 spiro atoms. The maximum Gasteiger partial charge on any atom is 0.404 e. The summed E-state index contributed by atoms with van der Waals surface area (Å²) >= 11 is 0. The van der Waals surface area contributed by atoms with Crippen LogP contribution in [-0.4, -0.2) is 18.7 Å². The Labute approximate surface area is 91.3 Å². The van der Waals surface area contributed by atoms with Gasteiger partial charge in [-0.1, -0.05) is 12.8 Å². The second-order valence-electron chi connectivity index (χ2n) is 4.51. The fourth-order valence-corrected chi connectivity index (χ4v) is 2.54. The lowest BCUT2D eigenvalue weighted by Gasteiger charge is -2.32. The van der Waals surface area contributed by atoms with Gasteiger partial charge in [-0.25, -0.2) is 4.79 Å². The van der Waals surface area contributed by atoms with Gasteiger partial charge in [0, 0.05) is 0 Å². The molecule has 1 saturated carbocycles. The molecule has 0 aliphatic heterocycles. The average molecular weight is 214 g/mol. The number of hydrogen-bond acceptors (Lipinski definition) is 3. The first-order valence-corrected chi connectivity index (χ1v) is 5.79. The van der Waals surface area contributed by atoms with Crippen molar-refractivity contribution >= 4 is 6.09 Å². The quantitative estimate of drug-likeness (QED) is 0.746. The summed E-state index contributed by atoms with van der Waals surface area (Å²) in [6.07, 6.45) is 5.09. The van der Waals surface area contributed by atoms with Gasteiger partial charge in [0.25, 0.3) is 0 Å². The number of nitrogens with two attached hydrogens (primary N) is 2. The van der Waals surface area contributed by atoms with E-state index in [1.54, 1.807) is 0 Å². The summed E-state index contributed by atoms with van der Waals surface area (Å²) in [5.74, 6) is 1.16. The van der Waals surface area contributed by atoms with E-state index in [1.807, 2.05) is 6.92 Å². The van der Waals surface area contributed by atoms with Gasteiger partial charge in [-0.15, -0.1) is 0 Å². The molecule has 0 radical (unpaired) electrons. The number of ether oxygens (including phenoxy) is 1. The van der Waals surface area contributed by atoms with E-state index in [4.69, 9.17) is 16.2 Å². The van der Waals surface area contributed by atoms with Gasteiger partial charge in [0.2, 0.25) is 0 Å². The Hall–Kier alpha value is -0.770. The molecule has 4 heteroatoms. The molecular weight excluding hydrogens is 192 g/mol. The molecule has 0 aromatic carbocycles. The summed E-state index contributed by atoms with van der Waals surface area (Å²) < 4.78 is 5.02. The number of primary amides is 1. The number of hydrogen-bond donors (Lipinski definition) is 2. The summed E-state index contributed by atoms with van der Waals surface area (Å²) in [7, 11) is 0. The van der Waals surface area contributed by atoms with E-state index in [-0.39, 0.29) is 6.10 Å². The Bertz CT molecular complexity index is 207. The van der Waals surface area contributed by atoms with Crippen LogP contribution in [-0.2, 0) is 4.74 Å². The summed E-state index contributed by atoms with van der Waals surface area (Å²) in [6.45, 7) is 2.68. The minimum Gasteiger partial charge on any atom is -0.446 e. The molecule has 0 saturated heterocycles. The summed E-state index contributed by atoms with van der Waals surface area (Å²) in [4.78, 5) is 10.6. The second-order valence-corrected chi connectivity index (χ2v) is 4.51. The molecule has 3 atom stereocenters. The Morgan fingerprint density at radius 3 is 2.87 bits per heavy atom. The topological polar surface area (TPSA) is 78.3 Å². The van der Waals surface area contributed by atoms with Gasteiger partial charge in [-0.05, 0) is 44.6 Å². The van der Waals surface area contributed by atoms with Crippen molar-refractivity contribution in [2.24, 2.45) is 23.3 Å². The van der Waals surface area contributed by atoms with E-state index in [9.17, 15) is 4.79 Å². The van der Waals surface area contributed by atoms with Crippen LogP contribution in [0.15, 0.2) is 0 Å². The smallest absolute Gasteiger partial charge is 0.404 e. The van der Waals surface area contributed by atoms with Gasteiger partial charge < -0.3 is 16.2 Å². The van der Waals surface area contributed by atoms with E-state index in [0.717, 1.165) is 25.8 Å². The summed E-state index contributed by atoms with van der Waals surface area (Å²) in [5, 5.41) is 0. The number of rotatable bonds is 4. The SMILES string of the molecule is C[C@H](OC(N)=O)C1CCCC(CCN)C1. The predicted octanol–water partition coefficient (Wildman–Crippen LogP) is 1.63. The molecule has 1 aliphatic rings. The Balaban J connectivity index is 2.37. The molecule has 15 heavy (non-hydrogen) atoms. The van der Waals surface area contributed by atoms with Crippen LogP contribution < -0.4 is 11.5 Å². The first-order valence-electron chi connectivity index (χ1n) is 5.79. The number of carbonyl (C=O) groups excluding carboxylic acids is 1. The van der Waals surface area contributed by atoms with Crippen LogP contribution in [0.1, 0.15) is 39.0 Å². The highest BCUT2D eigenvalue weighted by molar-refractivity contribution is 5.64. The summed E-state index contributed by atoms with van der Waals surface area (Å²) in [5.41, 5.74) is 10.6. The molecule has 4 nitrogen and oxygen atoms in total. The Morgan fingerprint density at radius 2 is 2.27 bits per heavy atom. The Morgan fingerprint density at radius 1 is 1.53 bits per heavy atom. The first kappa shape index (κ1) is 12.3. The highest BCUT2D eigenvalue weighted by Gasteiger charge is 2.27. The minimum absolute atomic E-state index is 0.0527. The van der Waals surface area contributed by atoms with Crippen LogP contribution in [0.4, 0.5) is 4.79 Å². The van der Waals surface area contributed by atoms with Crippen LogP contribution >= 0.6 is 0 Å². The summed E-state index contributed by atoms with van der Waals surface area (Å²) in [6, 6.07) is 0. The van der Waals surface area contributed by atoms with Gasteiger partial charge in [0.05, 0.1) is 0 Å². The minimum atomic E-state index is -0.663. The van der Waals surface area contributed by atoms with Crippen LogP contribution in [0.3, 0.4) is 0 Å².